The van der Waals surface area contributed by atoms with Crippen LogP contribution in [0.4, 0.5) is 11.4 Å². The van der Waals surface area contributed by atoms with Gasteiger partial charge in [0.05, 0.1) is 10.0 Å². The van der Waals surface area contributed by atoms with Crippen molar-refractivity contribution < 1.29 is 4.74 Å². The second-order valence-electron chi connectivity index (χ2n) is 3.75. The monoisotopic (exact) mass is 319 g/mol. The highest BCUT2D eigenvalue weighted by atomic mass is 35.5. The third-order valence-corrected chi connectivity index (χ3v) is 3.54. The van der Waals surface area contributed by atoms with Crippen LogP contribution >= 0.6 is 46.4 Å². The molecule has 0 aliphatic carbocycles. The Kier molecular flexibility index (Phi) is 2.99. The molecule has 18 heavy (non-hydrogen) atoms. The van der Waals surface area contributed by atoms with Gasteiger partial charge in [0.25, 0.3) is 0 Å². The largest absolute Gasteiger partial charge is 0.453 e. The predicted octanol–water partition coefficient (Wildman–Crippen LogP) is 6.15. The van der Waals surface area contributed by atoms with Crippen molar-refractivity contribution in [2.24, 2.45) is 0 Å². The van der Waals surface area contributed by atoms with Crippen molar-refractivity contribution in [3.63, 3.8) is 0 Å². The summed E-state index contributed by atoms with van der Waals surface area (Å²) in [6.45, 7) is 0. The molecular formula is C12H5Cl4NO. The maximum absolute atomic E-state index is 6.10. The van der Waals surface area contributed by atoms with Crippen LogP contribution in [0.25, 0.3) is 0 Å². The van der Waals surface area contributed by atoms with Crippen LogP contribution in [0.3, 0.4) is 0 Å². The zero-order valence-corrected chi connectivity index (χ0v) is 11.8. The van der Waals surface area contributed by atoms with E-state index in [0.717, 1.165) is 0 Å². The summed E-state index contributed by atoms with van der Waals surface area (Å²) < 4.78 is 5.70. The number of benzene rings is 2. The molecule has 0 saturated carbocycles. The molecule has 0 fully saturated rings. The summed E-state index contributed by atoms with van der Waals surface area (Å²) >= 11 is 24.1. The molecule has 0 unspecified atom stereocenters. The van der Waals surface area contributed by atoms with Gasteiger partial charge in [0.15, 0.2) is 11.5 Å². The Hall–Kier alpha value is -0.800. The van der Waals surface area contributed by atoms with E-state index in [1.165, 1.54) is 0 Å². The third kappa shape index (κ3) is 1.99. The molecule has 0 atom stereocenters. The van der Waals surface area contributed by atoms with E-state index in [9.17, 15) is 0 Å². The minimum Gasteiger partial charge on any atom is -0.453 e. The average Bonchev–Trinajstić information content (AvgIpc) is 2.26. The summed E-state index contributed by atoms with van der Waals surface area (Å²) in [4.78, 5) is 0. The molecule has 1 N–H and O–H groups in total. The summed E-state index contributed by atoms with van der Waals surface area (Å²) in [5, 5.41) is 5.05. The van der Waals surface area contributed by atoms with Crippen LogP contribution in [-0.2, 0) is 0 Å². The highest BCUT2D eigenvalue weighted by Crippen LogP contribution is 2.49. The summed E-state index contributed by atoms with van der Waals surface area (Å²) in [7, 11) is 0. The summed E-state index contributed by atoms with van der Waals surface area (Å²) in [5.74, 6) is 1.08. The zero-order chi connectivity index (χ0) is 12.9. The van der Waals surface area contributed by atoms with Crippen molar-refractivity contribution in [2.45, 2.75) is 0 Å². The molecule has 0 amide bonds. The first-order valence-electron chi connectivity index (χ1n) is 4.97. The number of hydrogen-bond donors (Lipinski definition) is 1. The zero-order valence-electron chi connectivity index (χ0n) is 8.73. The topological polar surface area (TPSA) is 21.3 Å². The lowest BCUT2D eigenvalue weighted by Crippen LogP contribution is -2.04. The van der Waals surface area contributed by atoms with Crippen LogP contribution in [-0.4, -0.2) is 0 Å². The standard InChI is InChI=1S/C12H5Cl4NO/c13-5-1-7(15)11-9(3-5)18-10-4-6(14)2-8(16)12(10)17-11/h1-4,17H. The number of nitrogens with one attached hydrogen (secondary N) is 1. The first kappa shape index (κ1) is 12.2. The Morgan fingerprint density at radius 3 is 1.61 bits per heavy atom. The van der Waals surface area contributed by atoms with E-state index in [2.05, 4.69) is 5.32 Å². The van der Waals surface area contributed by atoms with E-state index in [-0.39, 0.29) is 0 Å². The molecule has 3 rings (SSSR count). The molecule has 0 radical (unpaired) electrons. The molecule has 1 aliphatic rings. The summed E-state index contributed by atoms with van der Waals surface area (Å²) in [6.07, 6.45) is 0. The number of fused-ring (bicyclic) bond motifs is 2. The maximum Gasteiger partial charge on any atom is 0.154 e. The van der Waals surface area contributed by atoms with Crippen LogP contribution in [0.5, 0.6) is 11.5 Å². The van der Waals surface area contributed by atoms with Gasteiger partial charge in [-0.25, -0.2) is 0 Å². The van der Waals surface area contributed by atoms with Gasteiger partial charge in [0.1, 0.15) is 11.4 Å². The molecule has 0 spiro atoms. The van der Waals surface area contributed by atoms with Crippen molar-refractivity contribution in [3.8, 4) is 11.5 Å². The fraction of sp³-hybridized carbons (Fsp3) is 0. The first-order valence-corrected chi connectivity index (χ1v) is 6.49. The molecule has 6 heteroatoms. The lowest BCUT2D eigenvalue weighted by atomic mass is 10.2. The molecule has 2 aromatic carbocycles. The van der Waals surface area contributed by atoms with Crippen molar-refractivity contribution in [1.82, 2.24) is 0 Å². The maximum atomic E-state index is 6.10. The number of anilines is 2. The third-order valence-electron chi connectivity index (χ3n) is 2.51. The Morgan fingerprint density at radius 1 is 0.722 bits per heavy atom. The normalized spacial score (nSPS) is 12.2. The smallest absolute Gasteiger partial charge is 0.154 e. The van der Waals surface area contributed by atoms with Crippen molar-refractivity contribution >= 4 is 57.8 Å². The molecule has 92 valence electrons. The van der Waals surface area contributed by atoms with Crippen molar-refractivity contribution in [2.75, 3.05) is 5.32 Å². The second kappa shape index (κ2) is 4.39. The van der Waals surface area contributed by atoms with Gasteiger partial charge < -0.3 is 10.1 Å². The second-order valence-corrected chi connectivity index (χ2v) is 5.44. The molecule has 2 nitrogen and oxygen atoms in total. The minimum atomic E-state index is 0.467. The van der Waals surface area contributed by atoms with E-state index in [1.807, 2.05) is 0 Å². The first-order chi connectivity index (χ1) is 8.54. The van der Waals surface area contributed by atoms with Gasteiger partial charge in [-0.3, -0.25) is 0 Å². The van der Waals surface area contributed by atoms with Gasteiger partial charge in [0, 0.05) is 22.2 Å². The highest BCUT2D eigenvalue weighted by molar-refractivity contribution is 6.38. The van der Waals surface area contributed by atoms with Crippen LogP contribution in [0.2, 0.25) is 20.1 Å². The number of rotatable bonds is 0. The molecular weight excluding hydrogens is 316 g/mol. The van der Waals surface area contributed by atoms with Gasteiger partial charge in [-0.2, -0.15) is 0 Å². The van der Waals surface area contributed by atoms with Crippen molar-refractivity contribution in [3.05, 3.63) is 44.4 Å². The Morgan fingerprint density at radius 2 is 1.17 bits per heavy atom. The van der Waals surface area contributed by atoms with Gasteiger partial charge in [-0.1, -0.05) is 46.4 Å². The van der Waals surface area contributed by atoms with E-state index < -0.39 is 0 Å². The van der Waals surface area contributed by atoms with Crippen LogP contribution < -0.4 is 10.1 Å². The van der Waals surface area contributed by atoms with E-state index in [1.54, 1.807) is 24.3 Å². The minimum absolute atomic E-state index is 0.467. The van der Waals surface area contributed by atoms with Crippen LogP contribution in [0.1, 0.15) is 0 Å². The molecule has 1 aliphatic heterocycles. The number of halogens is 4. The van der Waals surface area contributed by atoms with Crippen LogP contribution in [0, 0.1) is 0 Å². The lowest BCUT2D eigenvalue weighted by Gasteiger charge is -2.23. The molecule has 1 heterocycles. The fourth-order valence-corrected chi connectivity index (χ4v) is 2.79. The van der Waals surface area contributed by atoms with E-state index in [0.29, 0.717) is 43.0 Å². The SMILES string of the molecule is Clc1cc(Cl)c2c(c1)Oc1cc(Cl)cc(Cl)c1N2. The Bertz CT molecular complexity index is 602. The van der Waals surface area contributed by atoms with Gasteiger partial charge >= 0.3 is 0 Å². The van der Waals surface area contributed by atoms with Crippen LogP contribution in [0.15, 0.2) is 24.3 Å². The van der Waals surface area contributed by atoms with Gasteiger partial charge in [0.2, 0.25) is 0 Å². The highest BCUT2D eigenvalue weighted by Gasteiger charge is 2.22. The van der Waals surface area contributed by atoms with E-state index in [4.69, 9.17) is 51.1 Å². The average molecular weight is 321 g/mol. The number of ether oxygens (including phenoxy) is 1. The quantitative estimate of drug-likeness (QED) is 0.536. The molecule has 0 aromatic heterocycles. The number of hydrogen-bond acceptors (Lipinski definition) is 2. The molecule has 2 aromatic rings. The summed E-state index contributed by atoms with van der Waals surface area (Å²) in [5.41, 5.74) is 1.27. The molecule has 0 saturated heterocycles. The fourth-order valence-electron chi connectivity index (χ4n) is 1.75. The molecule has 0 bridgehead atoms. The predicted molar refractivity (Wildman–Crippen MR) is 76.3 cm³/mol. The van der Waals surface area contributed by atoms with Gasteiger partial charge in [-0.15, -0.1) is 0 Å². The van der Waals surface area contributed by atoms with Gasteiger partial charge in [-0.05, 0) is 12.1 Å². The lowest BCUT2D eigenvalue weighted by molar-refractivity contribution is 0.481. The van der Waals surface area contributed by atoms with Crippen molar-refractivity contribution in [1.29, 1.82) is 0 Å². The van der Waals surface area contributed by atoms with E-state index >= 15 is 0 Å². The Balaban J connectivity index is 2.18. The summed E-state index contributed by atoms with van der Waals surface area (Å²) in [6, 6.07) is 6.61. The Labute approximate surface area is 123 Å².